The first-order chi connectivity index (χ1) is 12.9. The van der Waals surface area contributed by atoms with Crippen molar-refractivity contribution in [2.45, 2.75) is 37.5 Å². The molecule has 0 atom stereocenters. The van der Waals surface area contributed by atoms with Crippen LogP contribution in [0.5, 0.6) is 11.5 Å². The normalized spacial score (nSPS) is 11.0. The number of ether oxygens (including phenoxy) is 1. The van der Waals surface area contributed by atoms with Crippen molar-refractivity contribution in [2.75, 3.05) is 17.1 Å². The molecule has 0 saturated heterocycles. The van der Waals surface area contributed by atoms with Gasteiger partial charge in [-0.25, -0.2) is 8.42 Å². The molecule has 2 rings (SSSR count). The van der Waals surface area contributed by atoms with E-state index in [0.717, 1.165) is 19.3 Å². The third-order valence-electron chi connectivity index (χ3n) is 3.91. The van der Waals surface area contributed by atoms with E-state index in [1.807, 2.05) is 6.92 Å². The molecule has 0 heterocycles. The molecule has 1 amide bonds. The van der Waals surface area contributed by atoms with Gasteiger partial charge in [-0.1, -0.05) is 31.9 Å². The van der Waals surface area contributed by atoms with Crippen LogP contribution in [0.15, 0.2) is 47.4 Å². The molecule has 0 aliphatic carbocycles. The highest BCUT2D eigenvalue weighted by atomic mass is 32.2. The first-order valence-electron chi connectivity index (χ1n) is 8.66. The third kappa shape index (κ3) is 5.62. The van der Waals surface area contributed by atoms with E-state index in [1.54, 1.807) is 24.3 Å². The monoisotopic (exact) mass is 392 g/mol. The van der Waals surface area contributed by atoms with Crippen LogP contribution in [0, 0.1) is 0 Å². The second-order valence-electron chi connectivity index (χ2n) is 5.99. The van der Waals surface area contributed by atoms with Crippen molar-refractivity contribution in [3.8, 4) is 11.5 Å². The summed E-state index contributed by atoms with van der Waals surface area (Å²) in [5, 5.41) is 12.5. The topological polar surface area (TPSA) is 105 Å². The fraction of sp³-hybridized carbons (Fsp3) is 0.316. The summed E-state index contributed by atoms with van der Waals surface area (Å²) < 4.78 is 32.9. The highest BCUT2D eigenvalue weighted by molar-refractivity contribution is 7.92. The predicted octanol–water partition coefficient (Wildman–Crippen LogP) is 3.72. The number of carbonyl (C=O) groups excluding carboxylic acids is 1. The van der Waals surface area contributed by atoms with Crippen LogP contribution in [0.2, 0.25) is 0 Å². The minimum absolute atomic E-state index is 0.0550. The molecule has 0 unspecified atom stereocenters. The zero-order valence-corrected chi connectivity index (χ0v) is 16.2. The zero-order chi connectivity index (χ0) is 19.9. The molecule has 0 saturated carbocycles. The smallest absolute Gasteiger partial charge is 0.262 e. The highest BCUT2D eigenvalue weighted by Gasteiger charge is 2.19. The van der Waals surface area contributed by atoms with Gasteiger partial charge in [0.1, 0.15) is 11.5 Å². The molecule has 0 spiro atoms. The van der Waals surface area contributed by atoms with Gasteiger partial charge in [0, 0.05) is 6.42 Å². The molecule has 0 bridgehead atoms. The molecule has 2 aromatic rings. The number of benzene rings is 2. The van der Waals surface area contributed by atoms with Gasteiger partial charge in [-0.2, -0.15) is 0 Å². The number of nitrogens with one attached hydrogen (secondary N) is 2. The Kier molecular flexibility index (Phi) is 7.06. The molecule has 7 nitrogen and oxygen atoms in total. The van der Waals surface area contributed by atoms with Crippen LogP contribution in [0.1, 0.15) is 32.6 Å². The molecular formula is C19H24N2O5S. The van der Waals surface area contributed by atoms with Crippen molar-refractivity contribution >= 4 is 27.3 Å². The number of aromatic hydroxyl groups is 1. The van der Waals surface area contributed by atoms with Crippen molar-refractivity contribution in [1.82, 2.24) is 0 Å². The van der Waals surface area contributed by atoms with Gasteiger partial charge in [0.2, 0.25) is 5.91 Å². The van der Waals surface area contributed by atoms with Crippen LogP contribution >= 0.6 is 0 Å². The summed E-state index contributed by atoms with van der Waals surface area (Å²) in [6.07, 6.45) is 2.96. The molecule has 27 heavy (non-hydrogen) atoms. The van der Waals surface area contributed by atoms with Gasteiger partial charge in [0.15, 0.2) is 0 Å². The van der Waals surface area contributed by atoms with E-state index in [1.165, 1.54) is 25.3 Å². The number of unbranched alkanes of at least 4 members (excludes halogenated alkanes) is 2. The van der Waals surface area contributed by atoms with Crippen LogP contribution < -0.4 is 14.8 Å². The van der Waals surface area contributed by atoms with Crippen LogP contribution in [-0.2, 0) is 14.8 Å². The Labute approximate surface area is 159 Å². The lowest BCUT2D eigenvalue weighted by molar-refractivity contribution is -0.116. The highest BCUT2D eigenvalue weighted by Crippen LogP contribution is 2.30. The number of rotatable bonds is 9. The predicted molar refractivity (Wildman–Crippen MR) is 105 cm³/mol. The first-order valence-corrected chi connectivity index (χ1v) is 10.1. The van der Waals surface area contributed by atoms with Crippen LogP contribution in [0.4, 0.5) is 11.4 Å². The quantitative estimate of drug-likeness (QED) is 0.446. The standard InChI is InChI=1S/C19H24N2O5S/c1-3-4-5-10-19(23)20-16-13-14(11-12-17(16)22)27(24,25)21-15-8-6-7-9-18(15)26-2/h6-9,11-13,21-22H,3-5,10H2,1-2H3,(H,20,23). The molecule has 3 N–H and O–H groups in total. The summed E-state index contributed by atoms with van der Waals surface area (Å²) in [4.78, 5) is 11.9. The average molecular weight is 392 g/mol. The van der Waals surface area contributed by atoms with E-state index in [4.69, 9.17) is 4.74 Å². The van der Waals surface area contributed by atoms with Crippen molar-refractivity contribution < 1.29 is 23.1 Å². The lowest BCUT2D eigenvalue weighted by Gasteiger charge is -2.13. The molecule has 146 valence electrons. The number of methoxy groups -OCH3 is 1. The molecular weight excluding hydrogens is 368 g/mol. The number of anilines is 2. The number of hydrogen-bond donors (Lipinski definition) is 3. The van der Waals surface area contributed by atoms with Gasteiger partial charge in [0.25, 0.3) is 10.0 Å². The van der Waals surface area contributed by atoms with Crippen molar-refractivity contribution in [2.24, 2.45) is 0 Å². The Morgan fingerprint density at radius 1 is 1.11 bits per heavy atom. The van der Waals surface area contributed by atoms with Gasteiger partial charge < -0.3 is 15.2 Å². The van der Waals surface area contributed by atoms with Crippen LogP contribution in [0.25, 0.3) is 0 Å². The van der Waals surface area contributed by atoms with Crippen molar-refractivity contribution in [3.63, 3.8) is 0 Å². The number of para-hydroxylation sites is 2. The van der Waals surface area contributed by atoms with E-state index in [9.17, 15) is 18.3 Å². The Bertz CT molecular complexity index is 897. The van der Waals surface area contributed by atoms with Gasteiger partial charge in [0.05, 0.1) is 23.4 Å². The summed E-state index contributed by atoms with van der Waals surface area (Å²) in [7, 11) is -2.49. The second kappa shape index (κ2) is 9.27. The fourth-order valence-corrected chi connectivity index (χ4v) is 3.56. The average Bonchev–Trinajstić information content (AvgIpc) is 2.63. The van der Waals surface area contributed by atoms with E-state index in [0.29, 0.717) is 17.9 Å². The lowest BCUT2D eigenvalue weighted by Crippen LogP contribution is -2.15. The van der Waals surface area contributed by atoms with E-state index in [2.05, 4.69) is 10.0 Å². The lowest BCUT2D eigenvalue weighted by atomic mass is 10.2. The zero-order valence-electron chi connectivity index (χ0n) is 15.4. The number of carbonyl (C=O) groups is 1. The first kappa shape index (κ1) is 20.6. The molecule has 0 radical (unpaired) electrons. The summed E-state index contributed by atoms with van der Waals surface area (Å²) in [6, 6.07) is 10.3. The molecule has 2 aromatic carbocycles. The van der Waals surface area contributed by atoms with E-state index < -0.39 is 10.0 Å². The molecule has 8 heteroatoms. The Morgan fingerprint density at radius 2 is 1.85 bits per heavy atom. The minimum Gasteiger partial charge on any atom is -0.506 e. The van der Waals surface area contributed by atoms with Gasteiger partial charge in [-0.05, 0) is 36.8 Å². The minimum atomic E-state index is -3.93. The van der Waals surface area contributed by atoms with Gasteiger partial charge in [-0.3, -0.25) is 9.52 Å². The molecule has 0 aromatic heterocycles. The maximum atomic E-state index is 12.7. The number of phenols is 1. The number of amides is 1. The van der Waals surface area contributed by atoms with Crippen molar-refractivity contribution in [1.29, 1.82) is 0 Å². The summed E-state index contributed by atoms with van der Waals surface area (Å²) >= 11 is 0. The number of phenolic OH excluding ortho intramolecular Hbond substituents is 1. The Hall–Kier alpha value is -2.74. The maximum absolute atomic E-state index is 12.7. The summed E-state index contributed by atoms with van der Waals surface area (Å²) in [5.74, 6) is -0.0922. The van der Waals surface area contributed by atoms with Gasteiger partial charge >= 0.3 is 0 Å². The molecule has 0 aliphatic heterocycles. The summed E-state index contributed by atoms with van der Waals surface area (Å²) in [6.45, 7) is 2.03. The Morgan fingerprint density at radius 3 is 2.56 bits per heavy atom. The SMILES string of the molecule is CCCCCC(=O)Nc1cc(S(=O)(=O)Nc2ccccc2OC)ccc1O. The van der Waals surface area contributed by atoms with E-state index >= 15 is 0 Å². The number of sulfonamides is 1. The molecule has 0 fully saturated rings. The van der Waals surface area contributed by atoms with Gasteiger partial charge in [-0.15, -0.1) is 0 Å². The van der Waals surface area contributed by atoms with Crippen LogP contribution in [-0.4, -0.2) is 26.5 Å². The summed E-state index contributed by atoms with van der Waals surface area (Å²) in [5.41, 5.74) is 0.345. The van der Waals surface area contributed by atoms with Crippen LogP contribution in [0.3, 0.4) is 0 Å². The third-order valence-corrected chi connectivity index (χ3v) is 5.27. The largest absolute Gasteiger partial charge is 0.506 e. The number of hydrogen-bond acceptors (Lipinski definition) is 5. The van der Waals surface area contributed by atoms with E-state index in [-0.39, 0.29) is 22.2 Å². The second-order valence-corrected chi connectivity index (χ2v) is 7.67. The fourth-order valence-electron chi connectivity index (χ4n) is 2.46. The van der Waals surface area contributed by atoms with Crippen molar-refractivity contribution in [3.05, 3.63) is 42.5 Å². The molecule has 0 aliphatic rings. The Balaban J connectivity index is 2.21. The maximum Gasteiger partial charge on any atom is 0.262 e.